The number of aromatic nitrogens is 1. The maximum absolute atomic E-state index is 13.1. The van der Waals surface area contributed by atoms with Gasteiger partial charge < -0.3 is 10.6 Å². The highest BCUT2D eigenvalue weighted by Crippen LogP contribution is 2.12. The van der Waals surface area contributed by atoms with Crippen LogP contribution in [-0.2, 0) is 21.1 Å². The van der Waals surface area contributed by atoms with Crippen molar-refractivity contribution in [2.75, 3.05) is 11.6 Å². The van der Waals surface area contributed by atoms with Crippen molar-refractivity contribution in [3.05, 3.63) is 89.9 Å². The molecular weight excluding hydrogens is 421 g/mol. The third-order valence-corrected chi connectivity index (χ3v) is 5.40. The van der Waals surface area contributed by atoms with Crippen molar-refractivity contribution in [3.8, 4) is 0 Å². The van der Waals surface area contributed by atoms with E-state index in [2.05, 4.69) is 15.6 Å². The van der Waals surface area contributed by atoms with Crippen LogP contribution in [0.2, 0.25) is 0 Å². The van der Waals surface area contributed by atoms with Gasteiger partial charge >= 0.3 is 0 Å². The number of rotatable bonds is 7. The molecule has 3 aromatic rings. The number of nitrogens with zero attached hydrogens (tertiary/aromatic N) is 1. The third-order valence-electron chi connectivity index (χ3n) is 4.39. The number of halogens is 1. The van der Waals surface area contributed by atoms with Crippen LogP contribution in [-0.4, -0.2) is 37.5 Å². The van der Waals surface area contributed by atoms with Gasteiger partial charge in [-0.1, -0.05) is 30.3 Å². The molecule has 0 unspecified atom stereocenters. The first-order valence-electron chi connectivity index (χ1n) is 9.30. The average Bonchev–Trinajstić information content (AvgIpc) is 2.74. The van der Waals surface area contributed by atoms with E-state index >= 15 is 0 Å². The van der Waals surface area contributed by atoms with Crippen LogP contribution in [0.3, 0.4) is 0 Å². The molecule has 3 rings (SSSR count). The summed E-state index contributed by atoms with van der Waals surface area (Å²) in [7, 11) is -3.46. The second-order valence-corrected chi connectivity index (χ2v) is 8.83. The SMILES string of the molecule is CS(=O)(=O)c1ccc(NC(=O)[C@H](Cc2ccccc2)NC(=O)c2ccc(F)cc2)cn1. The van der Waals surface area contributed by atoms with Crippen molar-refractivity contribution in [1.82, 2.24) is 10.3 Å². The fourth-order valence-electron chi connectivity index (χ4n) is 2.80. The Labute approximate surface area is 179 Å². The molecule has 0 saturated heterocycles. The van der Waals surface area contributed by atoms with E-state index in [1.165, 1.54) is 30.5 Å². The van der Waals surface area contributed by atoms with E-state index in [0.29, 0.717) is 0 Å². The summed E-state index contributed by atoms with van der Waals surface area (Å²) < 4.78 is 36.2. The van der Waals surface area contributed by atoms with E-state index in [-0.39, 0.29) is 22.7 Å². The van der Waals surface area contributed by atoms with Crippen molar-refractivity contribution in [3.63, 3.8) is 0 Å². The number of amides is 2. The van der Waals surface area contributed by atoms with Gasteiger partial charge in [0, 0.05) is 18.2 Å². The molecule has 160 valence electrons. The molecular formula is C22H20FN3O4S. The van der Waals surface area contributed by atoms with E-state index < -0.39 is 33.5 Å². The van der Waals surface area contributed by atoms with E-state index in [4.69, 9.17) is 0 Å². The van der Waals surface area contributed by atoms with E-state index in [9.17, 15) is 22.4 Å². The summed E-state index contributed by atoms with van der Waals surface area (Å²) in [5.74, 6) is -1.50. The van der Waals surface area contributed by atoms with Crippen LogP contribution < -0.4 is 10.6 Å². The molecule has 1 heterocycles. The first-order valence-corrected chi connectivity index (χ1v) is 11.2. The van der Waals surface area contributed by atoms with Crippen LogP contribution in [0.15, 0.2) is 78.0 Å². The molecule has 0 spiro atoms. The number of sulfone groups is 1. The van der Waals surface area contributed by atoms with Gasteiger partial charge in [-0.3, -0.25) is 9.59 Å². The lowest BCUT2D eigenvalue weighted by molar-refractivity contribution is -0.118. The standard InChI is InChI=1S/C22H20FN3O4S/c1-31(29,30)20-12-11-18(14-24-20)25-22(28)19(13-15-5-3-2-4-6-15)26-21(27)16-7-9-17(23)10-8-16/h2-12,14,19H,13H2,1H3,(H,25,28)(H,26,27)/t19-/m0/s1. The number of hydrogen-bond donors (Lipinski definition) is 2. The Morgan fingerprint density at radius 2 is 1.68 bits per heavy atom. The Balaban J connectivity index is 1.78. The van der Waals surface area contributed by atoms with Gasteiger partial charge in [0.1, 0.15) is 11.9 Å². The highest BCUT2D eigenvalue weighted by Gasteiger charge is 2.22. The fourth-order valence-corrected chi connectivity index (χ4v) is 3.36. The van der Waals surface area contributed by atoms with Crippen molar-refractivity contribution >= 4 is 27.3 Å². The maximum Gasteiger partial charge on any atom is 0.251 e. The largest absolute Gasteiger partial charge is 0.340 e. The zero-order valence-electron chi connectivity index (χ0n) is 16.6. The molecule has 2 aromatic carbocycles. The maximum atomic E-state index is 13.1. The van der Waals surface area contributed by atoms with E-state index in [1.54, 1.807) is 0 Å². The highest BCUT2D eigenvalue weighted by atomic mass is 32.2. The summed E-state index contributed by atoms with van der Waals surface area (Å²) in [6.07, 6.45) is 2.48. The molecule has 1 atom stereocenters. The van der Waals surface area contributed by atoms with Crippen LogP contribution in [0.25, 0.3) is 0 Å². The molecule has 1 aromatic heterocycles. The lowest BCUT2D eigenvalue weighted by Crippen LogP contribution is -2.45. The molecule has 0 aliphatic carbocycles. The van der Waals surface area contributed by atoms with Gasteiger partial charge in [0.2, 0.25) is 5.91 Å². The second-order valence-electron chi connectivity index (χ2n) is 6.87. The number of carbonyl (C=O) groups is 2. The zero-order valence-corrected chi connectivity index (χ0v) is 17.4. The van der Waals surface area contributed by atoms with Crippen molar-refractivity contribution < 1.29 is 22.4 Å². The summed E-state index contributed by atoms with van der Waals surface area (Å²) in [4.78, 5) is 29.3. The van der Waals surface area contributed by atoms with Gasteiger partial charge in [-0.2, -0.15) is 0 Å². The van der Waals surface area contributed by atoms with Gasteiger partial charge in [0.05, 0.1) is 11.9 Å². The lowest BCUT2D eigenvalue weighted by atomic mass is 10.0. The minimum Gasteiger partial charge on any atom is -0.340 e. The Morgan fingerprint density at radius 3 is 2.26 bits per heavy atom. The number of benzene rings is 2. The summed E-state index contributed by atoms with van der Waals surface area (Å²) in [6, 6.07) is 15.9. The first kappa shape index (κ1) is 22.1. The summed E-state index contributed by atoms with van der Waals surface area (Å²) in [6.45, 7) is 0. The molecule has 0 aliphatic heterocycles. The molecule has 31 heavy (non-hydrogen) atoms. The number of hydrogen-bond acceptors (Lipinski definition) is 5. The Morgan fingerprint density at radius 1 is 1.00 bits per heavy atom. The van der Waals surface area contributed by atoms with Crippen molar-refractivity contribution in [1.29, 1.82) is 0 Å². The normalized spacial score (nSPS) is 12.1. The van der Waals surface area contributed by atoms with E-state index in [0.717, 1.165) is 24.0 Å². The van der Waals surface area contributed by atoms with Gasteiger partial charge in [0.25, 0.3) is 5.91 Å². The predicted molar refractivity (Wildman–Crippen MR) is 114 cm³/mol. The first-order chi connectivity index (χ1) is 14.7. The molecule has 0 aliphatic rings. The summed E-state index contributed by atoms with van der Waals surface area (Å²) >= 11 is 0. The fraction of sp³-hybridized carbons (Fsp3) is 0.136. The molecule has 9 heteroatoms. The van der Waals surface area contributed by atoms with Crippen LogP contribution in [0.5, 0.6) is 0 Å². The third kappa shape index (κ3) is 6.19. The number of anilines is 1. The van der Waals surface area contributed by atoms with Gasteiger partial charge in [-0.25, -0.2) is 17.8 Å². The highest BCUT2D eigenvalue weighted by molar-refractivity contribution is 7.90. The van der Waals surface area contributed by atoms with Gasteiger partial charge in [-0.15, -0.1) is 0 Å². The number of pyridine rings is 1. The minimum absolute atomic E-state index is 0.115. The molecule has 0 radical (unpaired) electrons. The minimum atomic E-state index is -3.46. The smallest absolute Gasteiger partial charge is 0.251 e. The van der Waals surface area contributed by atoms with Crippen molar-refractivity contribution in [2.24, 2.45) is 0 Å². The topological polar surface area (TPSA) is 105 Å². The Bertz CT molecular complexity index is 1170. The van der Waals surface area contributed by atoms with Crippen LogP contribution >= 0.6 is 0 Å². The number of nitrogens with one attached hydrogen (secondary N) is 2. The summed E-state index contributed by atoms with van der Waals surface area (Å²) in [5, 5.41) is 5.19. The Hall–Kier alpha value is -3.59. The lowest BCUT2D eigenvalue weighted by Gasteiger charge is -2.19. The molecule has 2 N–H and O–H groups in total. The average molecular weight is 441 g/mol. The molecule has 2 amide bonds. The molecule has 0 bridgehead atoms. The quantitative estimate of drug-likeness (QED) is 0.586. The molecule has 7 nitrogen and oxygen atoms in total. The van der Waals surface area contributed by atoms with Crippen LogP contribution in [0.1, 0.15) is 15.9 Å². The second kappa shape index (κ2) is 9.48. The van der Waals surface area contributed by atoms with Gasteiger partial charge in [-0.05, 0) is 42.0 Å². The zero-order chi connectivity index (χ0) is 22.4. The van der Waals surface area contributed by atoms with Crippen LogP contribution in [0, 0.1) is 5.82 Å². The molecule has 0 saturated carbocycles. The molecule has 0 fully saturated rings. The Kier molecular flexibility index (Phi) is 6.76. The monoisotopic (exact) mass is 441 g/mol. The van der Waals surface area contributed by atoms with E-state index in [1.807, 2.05) is 30.3 Å². The summed E-state index contributed by atoms with van der Waals surface area (Å²) in [5.41, 5.74) is 1.32. The van der Waals surface area contributed by atoms with Gasteiger partial charge in [0.15, 0.2) is 14.9 Å². The van der Waals surface area contributed by atoms with Crippen molar-refractivity contribution in [2.45, 2.75) is 17.5 Å². The predicted octanol–water partition coefficient (Wildman–Crippen LogP) is 2.60. The van der Waals surface area contributed by atoms with Crippen LogP contribution in [0.4, 0.5) is 10.1 Å². The number of carbonyl (C=O) groups excluding carboxylic acids is 2.